The number of hydrogen-bond acceptors (Lipinski definition) is 4. The van der Waals surface area contributed by atoms with E-state index in [9.17, 15) is 9.18 Å². The molecule has 0 radical (unpaired) electrons. The zero-order valence-corrected chi connectivity index (χ0v) is 14.1. The molecule has 0 unspecified atom stereocenters. The molecule has 0 aliphatic rings. The van der Waals surface area contributed by atoms with Crippen LogP contribution in [-0.4, -0.2) is 24.0 Å². The summed E-state index contributed by atoms with van der Waals surface area (Å²) in [5.74, 6) is -0.497. The van der Waals surface area contributed by atoms with Gasteiger partial charge in [0.2, 0.25) is 0 Å². The van der Waals surface area contributed by atoms with Crippen LogP contribution < -0.4 is 9.64 Å². The summed E-state index contributed by atoms with van der Waals surface area (Å²) in [5.41, 5.74) is 1.20. The summed E-state index contributed by atoms with van der Waals surface area (Å²) in [4.78, 5) is 19.3. The van der Waals surface area contributed by atoms with E-state index in [4.69, 9.17) is 4.74 Å². The highest BCUT2D eigenvalue weighted by atomic mass is 32.1. The number of methoxy groups -OCH3 is 1. The van der Waals surface area contributed by atoms with E-state index >= 15 is 0 Å². The molecule has 22 heavy (non-hydrogen) atoms. The lowest BCUT2D eigenvalue weighted by molar-refractivity contribution is 0.0983. The Hall–Kier alpha value is -1.95. The molecule has 0 spiro atoms. The first-order valence-corrected chi connectivity index (χ1v) is 7.78. The summed E-state index contributed by atoms with van der Waals surface area (Å²) < 4.78 is 18.9. The topological polar surface area (TPSA) is 42.4 Å². The Morgan fingerprint density at radius 3 is 2.50 bits per heavy atom. The maximum absolute atomic E-state index is 14.0. The fourth-order valence-corrected chi connectivity index (χ4v) is 3.15. The molecular formula is C16H19FN2O2S. The van der Waals surface area contributed by atoms with Gasteiger partial charge in [-0.05, 0) is 39.8 Å². The van der Waals surface area contributed by atoms with Crippen molar-refractivity contribution in [2.75, 3.05) is 12.0 Å². The molecule has 0 atom stereocenters. The lowest BCUT2D eigenvalue weighted by Gasteiger charge is -2.26. The third kappa shape index (κ3) is 3.11. The van der Waals surface area contributed by atoms with E-state index in [2.05, 4.69) is 4.98 Å². The minimum Gasteiger partial charge on any atom is -0.494 e. The molecule has 118 valence electrons. The van der Waals surface area contributed by atoms with E-state index < -0.39 is 5.82 Å². The highest BCUT2D eigenvalue weighted by Gasteiger charge is 2.25. The SMILES string of the molecule is COc1ccc(N(C(=O)c2sc(C)nc2C)C(C)C)cc1F. The van der Waals surface area contributed by atoms with Gasteiger partial charge in [-0.2, -0.15) is 0 Å². The molecule has 0 saturated carbocycles. The number of aromatic nitrogens is 1. The number of benzene rings is 1. The van der Waals surface area contributed by atoms with Crippen LogP contribution in [0.4, 0.5) is 10.1 Å². The number of nitrogens with zero attached hydrogens (tertiary/aromatic N) is 2. The number of thiazole rings is 1. The van der Waals surface area contributed by atoms with E-state index in [-0.39, 0.29) is 17.7 Å². The standard InChI is InChI=1S/C16H19FN2O2S/c1-9(2)19(12-6-7-14(21-5)13(17)8-12)16(20)15-10(3)18-11(4)22-15/h6-9H,1-5H3. The molecule has 1 heterocycles. The number of ether oxygens (including phenoxy) is 1. The van der Waals surface area contributed by atoms with Gasteiger partial charge in [0.1, 0.15) is 4.88 Å². The fourth-order valence-electron chi connectivity index (χ4n) is 2.29. The fraction of sp³-hybridized carbons (Fsp3) is 0.375. The van der Waals surface area contributed by atoms with Crippen LogP contribution in [0.25, 0.3) is 0 Å². The van der Waals surface area contributed by atoms with Crippen molar-refractivity contribution in [2.24, 2.45) is 0 Å². The smallest absolute Gasteiger partial charge is 0.270 e. The van der Waals surface area contributed by atoms with Gasteiger partial charge in [-0.1, -0.05) is 0 Å². The van der Waals surface area contributed by atoms with Gasteiger partial charge >= 0.3 is 0 Å². The summed E-state index contributed by atoms with van der Waals surface area (Å²) in [5, 5.41) is 0.838. The van der Waals surface area contributed by atoms with E-state index in [0.717, 1.165) is 5.01 Å². The van der Waals surface area contributed by atoms with Gasteiger partial charge in [0.05, 0.1) is 17.8 Å². The first-order valence-electron chi connectivity index (χ1n) is 6.96. The van der Waals surface area contributed by atoms with Crippen LogP contribution in [0.1, 0.15) is 34.2 Å². The van der Waals surface area contributed by atoms with Crippen molar-refractivity contribution in [3.05, 3.63) is 39.6 Å². The average molecular weight is 322 g/mol. The Kier molecular flexibility index (Phi) is 4.81. The highest BCUT2D eigenvalue weighted by molar-refractivity contribution is 7.13. The molecule has 2 rings (SSSR count). The van der Waals surface area contributed by atoms with Gasteiger partial charge in [-0.3, -0.25) is 4.79 Å². The maximum atomic E-state index is 14.0. The number of amides is 1. The van der Waals surface area contributed by atoms with Crippen LogP contribution in [-0.2, 0) is 0 Å². The molecule has 0 fully saturated rings. The van der Waals surface area contributed by atoms with Gasteiger partial charge in [0.25, 0.3) is 5.91 Å². The number of carbonyl (C=O) groups excluding carboxylic acids is 1. The molecule has 0 bridgehead atoms. The van der Waals surface area contributed by atoms with Crippen LogP contribution in [0.3, 0.4) is 0 Å². The largest absolute Gasteiger partial charge is 0.494 e. The van der Waals surface area contributed by atoms with Crippen LogP contribution >= 0.6 is 11.3 Å². The number of aryl methyl sites for hydroxylation is 2. The summed E-state index contributed by atoms with van der Waals surface area (Å²) in [7, 11) is 1.41. The first-order chi connectivity index (χ1) is 10.3. The summed E-state index contributed by atoms with van der Waals surface area (Å²) >= 11 is 1.35. The molecule has 1 amide bonds. The van der Waals surface area contributed by atoms with Gasteiger partial charge in [-0.25, -0.2) is 9.37 Å². The lowest BCUT2D eigenvalue weighted by atomic mass is 10.2. The zero-order chi connectivity index (χ0) is 16.4. The zero-order valence-electron chi connectivity index (χ0n) is 13.3. The number of halogens is 1. The van der Waals surface area contributed by atoms with Gasteiger partial charge in [-0.15, -0.1) is 11.3 Å². The lowest BCUT2D eigenvalue weighted by Crippen LogP contribution is -2.37. The Morgan fingerprint density at radius 2 is 2.05 bits per heavy atom. The summed E-state index contributed by atoms with van der Waals surface area (Å²) in [6.07, 6.45) is 0. The molecule has 0 N–H and O–H groups in total. The predicted molar refractivity (Wildman–Crippen MR) is 86.5 cm³/mol. The van der Waals surface area contributed by atoms with Crippen LogP contribution in [0.2, 0.25) is 0 Å². The Morgan fingerprint density at radius 1 is 1.36 bits per heavy atom. The normalized spacial score (nSPS) is 10.9. The minimum atomic E-state index is -0.490. The molecule has 6 heteroatoms. The Labute approximate surface area is 133 Å². The van der Waals surface area contributed by atoms with E-state index in [1.165, 1.54) is 30.6 Å². The second-order valence-electron chi connectivity index (χ2n) is 5.24. The Bertz CT molecular complexity index is 697. The molecule has 0 saturated heterocycles. The van der Waals surface area contributed by atoms with Crippen LogP contribution in [0, 0.1) is 19.7 Å². The summed E-state index contributed by atoms with van der Waals surface area (Å²) in [6.45, 7) is 7.46. The summed E-state index contributed by atoms with van der Waals surface area (Å²) in [6, 6.07) is 4.42. The monoisotopic (exact) mass is 322 g/mol. The molecule has 0 aliphatic heterocycles. The minimum absolute atomic E-state index is 0.109. The number of anilines is 1. The molecule has 1 aromatic carbocycles. The molecule has 0 aliphatic carbocycles. The molecule has 2 aromatic rings. The average Bonchev–Trinajstić information content (AvgIpc) is 2.77. The number of rotatable bonds is 4. The quantitative estimate of drug-likeness (QED) is 0.855. The van der Waals surface area contributed by atoms with Crippen LogP contribution in [0.5, 0.6) is 5.75 Å². The van der Waals surface area contributed by atoms with Gasteiger partial charge < -0.3 is 9.64 Å². The van der Waals surface area contributed by atoms with Gasteiger partial charge in [0, 0.05) is 17.8 Å². The van der Waals surface area contributed by atoms with E-state index in [1.54, 1.807) is 11.0 Å². The number of carbonyl (C=O) groups is 1. The molecule has 4 nitrogen and oxygen atoms in total. The van der Waals surface area contributed by atoms with E-state index in [1.807, 2.05) is 27.7 Å². The number of hydrogen-bond donors (Lipinski definition) is 0. The van der Waals surface area contributed by atoms with Crippen molar-refractivity contribution in [3.8, 4) is 5.75 Å². The Balaban J connectivity index is 2.44. The van der Waals surface area contributed by atoms with Crippen molar-refractivity contribution < 1.29 is 13.9 Å². The van der Waals surface area contributed by atoms with Gasteiger partial charge in [0.15, 0.2) is 11.6 Å². The van der Waals surface area contributed by atoms with Crippen molar-refractivity contribution in [1.29, 1.82) is 0 Å². The van der Waals surface area contributed by atoms with Crippen molar-refractivity contribution >= 4 is 22.9 Å². The first kappa shape index (κ1) is 16.4. The second-order valence-corrected chi connectivity index (χ2v) is 6.44. The highest BCUT2D eigenvalue weighted by Crippen LogP contribution is 2.28. The third-order valence-electron chi connectivity index (χ3n) is 3.25. The predicted octanol–water partition coefficient (Wildman–Crippen LogP) is 3.96. The third-order valence-corrected chi connectivity index (χ3v) is 4.31. The molecule has 1 aromatic heterocycles. The van der Waals surface area contributed by atoms with Crippen molar-refractivity contribution in [3.63, 3.8) is 0 Å². The second kappa shape index (κ2) is 6.44. The maximum Gasteiger partial charge on any atom is 0.270 e. The van der Waals surface area contributed by atoms with Crippen molar-refractivity contribution in [1.82, 2.24) is 4.98 Å². The van der Waals surface area contributed by atoms with Crippen molar-refractivity contribution in [2.45, 2.75) is 33.7 Å². The van der Waals surface area contributed by atoms with Crippen LogP contribution in [0.15, 0.2) is 18.2 Å². The molecular weight excluding hydrogens is 303 g/mol. The van der Waals surface area contributed by atoms with E-state index in [0.29, 0.717) is 16.3 Å².